The van der Waals surface area contributed by atoms with Crippen LogP contribution in [0.5, 0.6) is 0 Å². The monoisotopic (exact) mass is 337 g/mol. The van der Waals surface area contributed by atoms with Crippen molar-refractivity contribution in [1.82, 2.24) is 15.1 Å². The number of piperidine rings is 2. The number of ether oxygens (including phenoxy) is 1. The van der Waals surface area contributed by atoms with Gasteiger partial charge in [0.25, 0.3) is 0 Å². The fraction of sp³-hybridized carbons (Fsp3) is 0.947. The highest BCUT2D eigenvalue weighted by molar-refractivity contribution is 5.69. The van der Waals surface area contributed by atoms with Gasteiger partial charge in [-0.2, -0.15) is 0 Å². The molecule has 0 saturated carbocycles. The van der Waals surface area contributed by atoms with Gasteiger partial charge in [-0.3, -0.25) is 0 Å². The van der Waals surface area contributed by atoms with Gasteiger partial charge in [-0.15, -0.1) is 0 Å². The number of nitrogens with zero attached hydrogens (tertiary/aromatic N) is 2. The smallest absolute Gasteiger partial charge is 0.410 e. The Balaban J connectivity index is 1.54. The largest absolute Gasteiger partial charge is 0.444 e. The molecule has 24 heavy (non-hydrogen) atoms. The van der Waals surface area contributed by atoms with Crippen molar-refractivity contribution in [3.8, 4) is 0 Å². The van der Waals surface area contributed by atoms with E-state index in [9.17, 15) is 4.79 Å². The van der Waals surface area contributed by atoms with Crippen LogP contribution in [0.1, 0.15) is 66.2 Å². The van der Waals surface area contributed by atoms with Gasteiger partial charge in [0.05, 0.1) is 0 Å². The van der Waals surface area contributed by atoms with Crippen molar-refractivity contribution in [2.75, 3.05) is 13.6 Å². The number of likely N-dealkylation sites (tertiary alicyclic amines) is 1. The van der Waals surface area contributed by atoms with E-state index in [0.717, 1.165) is 25.7 Å². The first kappa shape index (κ1) is 18.0. The SMILES string of the molecule is C[C@@H]1C[C@H](NC2C[C@H]3CC[C@@H](C2)N3C(=O)OC(C)(C)C)CCN1C. The molecule has 3 rings (SSSR count). The molecule has 0 radical (unpaired) electrons. The van der Waals surface area contributed by atoms with Crippen LogP contribution in [-0.2, 0) is 4.74 Å². The van der Waals surface area contributed by atoms with Gasteiger partial charge in [0, 0.05) is 30.2 Å². The maximum absolute atomic E-state index is 12.5. The summed E-state index contributed by atoms with van der Waals surface area (Å²) in [5.41, 5.74) is -0.407. The highest BCUT2D eigenvalue weighted by Crippen LogP contribution is 2.37. The summed E-state index contributed by atoms with van der Waals surface area (Å²) < 4.78 is 5.63. The lowest BCUT2D eigenvalue weighted by Crippen LogP contribution is -2.55. The van der Waals surface area contributed by atoms with Crippen LogP contribution >= 0.6 is 0 Å². The lowest BCUT2D eigenvalue weighted by molar-refractivity contribution is 0.00372. The quantitative estimate of drug-likeness (QED) is 0.841. The van der Waals surface area contributed by atoms with Crippen LogP contribution in [0.25, 0.3) is 0 Å². The first-order valence-corrected chi connectivity index (χ1v) is 9.70. The molecule has 138 valence electrons. The molecule has 0 aliphatic carbocycles. The molecule has 2 bridgehead atoms. The maximum atomic E-state index is 12.5. The Morgan fingerprint density at radius 2 is 1.67 bits per heavy atom. The van der Waals surface area contributed by atoms with Gasteiger partial charge in [-0.05, 0) is 79.8 Å². The highest BCUT2D eigenvalue weighted by atomic mass is 16.6. The zero-order valence-electron chi connectivity index (χ0n) is 16.0. The van der Waals surface area contributed by atoms with Gasteiger partial charge in [0.1, 0.15) is 5.60 Å². The maximum Gasteiger partial charge on any atom is 0.410 e. The Morgan fingerprint density at radius 1 is 1.04 bits per heavy atom. The minimum absolute atomic E-state index is 0.110. The van der Waals surface area contributed by atoms with E-state index < -0.39 is 5.60 Å². The molecular weight excluding hydrogens is 302 g/mol. The summed E-state index contributed by atoms with van der Waals surface area (Å²) in [5.74, 6) is 0. The summed E-state index contributed by atoms with van der Waals surface area (Å²) in [4.78, 5) is 17.0. The molecule has 3 heterocycles. The Labute approximate surface area is 147 Å². The zero-order valence-corrected chi connectivity index (χ0v) is 16.0. The van der Waals surface area contributed by atoms with Crippen molar-refractivity contribution in [3.63, 3.8) is 0 Å². The molecule has 1 unspecified atom stereocenters. The summed E-state index contributed by atoms with van der Waals surface area (Å²) >= 11 is 0. The Kier molecular flexibility index (Phi) is 5.12. The van der Waals surface area contributed by atoms with E-state index >= 15 is 0 Å². The molecule has 5 nitrogen and oxygen atoms in total. The molecular formula is C19H35N3O2. The molecule has 0 aromatic carbocycles. The van der Waals surface area contributed by atoms with Crippen LogP contribution in [0, 0.1) is 0 Å². The van der Waals surface area contributed by atoms with Crippen LogP contribution in [0.4, 0.5) is 4.79 Å². The normalized spacial score (nSPS) is 37.5. The van der Waals surface area contributed by atoms with Gasteiger partial charge in [-0.1, -0.05) is 0 Å². The van der Waals surface area contributed by atoms with E-state index in [2.05, 4.69) is 24.2 Å². The Morgan fingerprint density at radius 3 is 2.21 bits per heavy atom. The van der Waals surface area contributed by atoms with Crippen LogP contribution in [-0.4, -0.2) is 65.3 Å². The Bertz CT molecular complexity index is 448. The molecule has 3 aliphatic rings. The zero-order chi connectivity index (χ0) is 17.5. The van der Waals surface area contributed by atoms with E-state index in [0.29, 0.717) is 30.2 Å². The summed E-state index contributed by atoms with van der Waals surface area (Å²) in [7, 11) is 2.22. The van der Waals surface area contributed by atoms with E-state index in [1.54, 1.807) is 0 Å². The second kappa shape index (κ2) is 6.83. The van der Waals surface area contributed by atoms with Crippen LogP contribution < -0.4 is 5.32 Å². The number of hydrogen-bond donors (Lipinski definition) is 1. The van der Waals surface area contributed by atoms with Crippen molar-refractivity contribution >= 4 is 6.09 Å². The second-order valence-corrected chi connectivity index (χ2v) is 9.16. The van der Waals surface area contributed by atoms with Gasteiger partial charge in [0.15, 0.2) is 0 Å². The van der Waals surface area contributed by atoms with Crippen molar-refractivity contribution in [2.24, 2.45) is 0 Å². The van der Waals surface area contributed by atoms with Gasteiger partial charge in [-0.25, -0.2) is 4.79 Å². The lowest BCUT2D eigenvalue weighted by atomic mass is 9.93. The van der Waals surface area contributed by atoms with Crippen molar-refractivity contribution in [2.45, 2.75) is 102 Å². The fourth-order valence-corrected chi connectivity index (χ4v) is 4.70. The third-order valence-electron chi connectivity index (χ3n) is 6.02. The van der Waals surface area contributed by atoms with Crippen molar-refractivity contribution in [3.05, 3.63) is 0 Å². The van der Waals surface area contributed by atoms with Crippen LogP contribution in [0.15, 0.2) is 0 Å². The van der Waals surface area contributed by atoms with E-state index in [1.165, 1.54) is 19.4 Å². The van der Waals surface area contributed by atoms with E-state index in [-0.39, 0.29) is 6.09 Å². The molecule has 1 N–H and O–H groups in total. The molecule has 3 aliphatic heterocycles. The number of amides is 1. The van der Waals surface area contributed by atoms with Gasteiger partial charge < -0.3 is 19.9 Å². The standard InChI is InChI=1S/C19H35N3O2/c1-13-10-14(8-9-21(13)5)20-15-11-16-6-7-17(12-15)22(16)18(23)24-19(2,3)4/h13-17,20H,6-12H2,1-5H3/t13-,14-,15?,16-,17+/m1/s1. The van der Waals surface area contributed by atoms with Crippen LogP contribution in [0.2, 0.25) is 0 Å². The number of hydrogen-bond acceptors (Lipinski definition) is 4. The summed E-state index contributed by atoms with van der Waals surface area (Å²) in [6, 6.07) is 2.57. The van der Waals surface area contributed by atoms with E-state index in [4.69, 9.17) is 4.74 Å². The summed E-state index contributed by atoms with van der Waals surface area (Å²) in [5, 5.41) is 3.91. The molecule has 3 saturated heterocycles. The average molecular weight is 338 g/mol. The van der Waals surface area contributed by atoms with Crippen LogP contribution in [0.3, 0.4) is 0 Å². The van der Waals surface area contributed by atoms with Crippen molar-refractivity contribution in [1.29, 1.82) is 0 Å². The third-order valence-corrected chi connectivity index (χ3v) is 6.02. The molecule has 5 heteroatoms. The molecule has 0 aromatic heterocycles. The number of carbonyl (C=O) groups is 1. The predicted octanol–water partition coefficient (Wildman–Crippen LogP) is 2.99. The molecule has 1 amide bonds. The molecule has 5 atom stereocenters. The van der Waals surface area contributed by atoms with Gasteiger partial charge >= 0.3 is 6.09 Å². The second-order valence-electron chi connectivity index (χ2n) is 9.16. The number of nitrogens with one attached hydrogen (secondary N) is 1. The minimum Gasteiger partial charge on any atom is -0.444 e. The fourth-order valence-electron chi connectivity index (χ4n) is 4.70. The number of fused-ring (bicyclic) bond motifs is 2. The lowest BCUT2D eigenvalue weighted by Gasteiger charge is -2.42. The topological polar surface area (TPSA) is 44.8 Å². The molecule has 0 spiro atoms. The highest BCUT2D eigenvalue weighted by Gasteiger charge is 2.45. The average Bonchev–Trinajstić information content (AvgIpc) is 2.73. The predicted molar refractivity (Wildman–Crippen MR) is 96.2 cm³/mol. The third kappa shape index (κ3) is 4.05. The first-order chi connectivity index (χ1) is 11.2. The first-order valence-electron chi connectivity index (χ1n) is 9.70. The summed E-state index contributed by atoms with van der Waals surface area (Å²) in [6.07, 6.45) is 6.78. The van der Waals surface area contributed by atoms with E-state index in [1.807, 2.05) is 25.7 Å². The van der Waals surface area contributed by atoms with Gasteiger partial charge in [0.2, 0.25) is 0 Å². The number of rotatable bonds is 2. The Hall–Kier alpha value is -0.810. The summed E-state index contributed by atoms with van der Waals surface area (Å²) in [6.45, 7) is 9.35. The minimum atomic E-state index is -0.407. The molecule has 3 fully saturated rings. The van der Waals surface area contributed by atoms with Crippen molar-refractivity contribution < 1.29 is 9.53 Å². The molecule has 0 aromatic rings. The number of carbonyl (C=O) groups excluding carboxylic acids is 1.